The Morgan fingerprint density at radius 1 is 0.625 bits per heavy atom. The predicted molar refractivity (Wildman–Crippen MR) is 99.2 cm³/mol. The molecule has 0 aromatic carbocycles. The van der Waals surface area contributed by atoms with Crippen LogP contribution < -0.4 is 0 Å². The summed E-state index contributed by atoms with van der Waals surface area (Å²) < 4.78 is 8.88. The van der Waals surface area contributed by atoms with Crippen molar-refractivity contribution >= 4 is 7.82 Å². The average Bonchev–Trinajstić information content (AvgIpc) is 2.46. The van der Waals surface area contributed by atoms with Gasteiger partial charge >= 0.3 is 7.82 Å². The van der Waals surface area contributed by atoms with E-state index < -0.39 is 7.82 Å². The van der Waals surface area contributed by atoms with Gasteiger partial charge in [0.1, 0.15) is 0 Å². The molecule has 0 unspecified atom stereocenters. The number of hydrogen-bond acceptors (Lipinski definition) is 1. The largest absolute Gasteiger partial charge is 0.466 e. The second-order valence-electron chi connectivity index (χ2n) is 6.32. The zero-order chi connectivity index (χ0) is 17.8. The Hall–Kier alpha value is 0.604. The topological polar surface area (TPSA) is 77.8 Å². The summed E-state index contributed by atoms with van der Waals surface area (Å²) >= 11 is 0. The molecule has 4 nitrogen and oxygen atoms in total. The molecule has 0 rings (SSSR count). The van der Waals surface area contributed by atoms with E-state index in [-0.39, 0.29) is 16.5 Å². The van der Waals surface area contributed by atoms with E-state index in [0.717, 1.165) is 6.42 Å². The minimum atomic E-state index is -4.64. The first-order chi connectivity index (χ1) is 10.9. The van der Waals surface area contributed by atoms with Crippen molar-refractivity contribution in [2.75, 3.05) is 0 Å². The molecule has 0 saturated heterocycles. The molecule has 0 bridgehead atoms. The van der Waals surface area contributed by atoms with Gasteiger partial charge in [-0.1, -0.05) is 103 Å². The van der Waals surface area contributed by atoms with E-state index in [4.69, 9.17) is 19.2 Å². The second kappa shape index (κ2) is 23.6. The van der Waals surface area contributed by atoms with Gasteiger partial charge in [0.15, 0.2) is 0 Å². The molecule has 0 spiro atoms. The van der Waals surface area contributed by atoms with Crippen molar-refractivity contribution in [2.24, 2.45) is 0 Å². The van der Waals surface area contributed by atoms with Crippen LogP contribution >= 0.6 is 7.82 Å². The van der Waals surface area contributed by atoms with Crippen LogP contribution in [0.2, 0.25) is 0 Å². The van der Waals surface area contributed by atoms with Crippen LogP contribution in [0, 0.1) is 6.92 Å². The second-order valence-corrected chi connectivity index (χ2v) is 7.34. The molecule has 0 aliphatic carbocycles. The molecule has 0 fully saturated rings. The van der Waals surface area contributed by atoms with Gasteiger partial charge in [-0.15, -0.1) is 0 Å². The third kappa shape index (κ3) is 43.3. The van der Waals surface area contributed by atoms with Crippen LogP contribution in [0.5, 0.6) is 0 Å². The molecule has 0 saturated carbocycles. The fourth-order valence-corrected chi connectivity index (χ4v) is 2.55. The first-order valence-corrected chi connectivity index (χ1v) is 11.1. The quantitative estimate of drug-likeness (QED) is 0.131. The molecular weight excluding hydrogens is 370 g/mol. The third-order valence-corrected chi connectivity index (χ3v) is 3.85. The standard InChI is InChI=1S/C18H37.Ni.H3O4P/c1-3-5-7-9-11-13-15-17-18-16-14-12-10-8-6-4-2;;1-5(2,3)4/h1,3-18H2,2H3;;(H3,1,2,3,4)/q-1;;. The fourth-order valence-electron chi connectivity index (χ4n) is 2.55. The van der Waals surface area contributed by atoms with E-state index >= 15 is 0 Å². The van der Waals surface area contributed by atoms with E-state index in [1.165, 1.54) is 96.3 Å². The smallest absolute Gasteiger partial charge is 0.343 e. The molecule has 6 heteroatoms. The Labute approximate surface area is 160 Å². The summed E-state index contributed by atoms with van der Waals surface area (Å²) in [5, 5.41) is 0. The van der Waals surface area contributed by atoms with Gasteiger partial charge in [0, 0.05) is 16.5 Å². The summed E-state index contributed by atoms with van der Waals surface area (Å²) in [5.74, 6) is 0. The molecule has 3 N–H and O–H groups in total. The summed E-state index contributed by atoms with van der Waals surface area (Å²) in [5.41, 5.74) is 0. The van der Waals surface area contributed by atoms with E-state index in [1.807, 2.05) is 0 Å². The maximum absolute atomic E-state index is 8.88. The van der Waals surface area contributed by atoms with Crippen molar-refractivity contribution in [1.29, 1.82) is 0 Å². The van der Waals surface area contributed by atoms with Gasteiger partial charge in [-0.25, -0.2) is 4.57 Å². The van der Waals surface area contributed by atoms with Crippen LogP contribution in [0.15, 0.2) is 0 Å². The summed E-state index contributed by atoms with van der Waals surface area (Å²) in [6.07, 6.45) is 22.8. The molecular formula is C18H40NiO4P-. The molecule has 0 aromatic heterocycles. The zero-order valence-corrected chi connectivity index (χ0v) is 17.4. The van der Waals surface area contributed by atoms with Gasteiger partial charge in [-0.05, 0) is 0 Å². The Balaban J connectivity index is -0.000000639. The number of rotatable bonds is 15. The van der Waals surface area contributed by atoms with Crippen LogP contribution in [-0.4, -0.2) is 14.7 Å². The van der Waals surface area contributed by atoms with Gasteiger partial charge in [-0.2, -0.15) is 6.42 Å². The first kappa shape index (κ1) is 29.4. The molecule has 24 heavy (non-hydrogen) atoms. The van der Waals surface area contributed by atoms with Gasteiger partial charge in [0.05, 0.1) is 0 Å². The van der Waals surface area contributed by atoms with Crippen LogP contribution in [0.1, 0.15) is 110 Å². The molecule has 0 radical (unpaired) electrons. The first-order valence-electron chi connectivity index (χ1n) is 9.49. The SMILES string of the molecule is O=P(O)(O)O.[CH2-]CCCCCCCCCCCCCCCCC.[Ni]. The molecule has 0 aliphatic heterocycles. The Bertz CT molecular complexity index is 235. The van der Waals surface area contributed by atoms with Gasteiger partial charge in [0.2, 0.25) is 0 Å². The summed E-state index contributed by atoms with van der Waals surface area (Å²) in [7, 11) is -4.64. The predicted octanol–water partition coefficient (Wildman–Crippen LogP) is 6.15. The number of hydrogen-bond donors (Lipinski definition) is 3. The zero-order valence-electron chi connectivity index (χ0n) is 15.5. The Morgan fingerprint density at radius 2 is 0.833 bits per heavy atom. The Kier molecular flexibility index (Phi) is 28.9. The minimum absolute atomic E-state index is 0. The summed E-state index contributed by atoms with van der Waals surface area (Å²) in [4.78, 5) is 21.6. The molecule has 0 heterocycles. The number of unbranched alkanes of at least 4 members (excludes halogenated alkanes) is 15. The summed E-state index contributed by atoms with van der Waals surface area (Å²) in [6.45, 7) is 6.18. The van der Waals surface area contributed by atoms with E-state index in [2.05, 4.69) is 13.8 Å². The molecule has 0 aliphatic rings. The average molecular weight is 410 g/mol. The van der Waals surface area contributed by atoms with Crippen molar-refractivity contribution in [3.63, 3.8) is 0 Å². The molecule has 0 atom stereocenters. The molecule has 152 valence electrons. The maximum atomic E-state index is 8.88. The third-order valence-electron chi connectivity index (χ3n) is 3.85. The van der Waals surface area contributed by atoms with Gasteiger partial charge in [0.25, 0.3) is 0 Å². The number of phosphoric acid groups is 1. The van der Waals surface area contributed by atoms with Crippen molar-refractivity contribution in [1.82, 2.24) is 0 Å². The van der Waals surface area contributed by atoms with E-state index in [1.54, 1.807) is 0 Å². The molecule has 0 amide bonds. The Morgan fingerprint density at radius 3 is 1.04 bits per heavy atom. The van der Waals surface area contributed by atoms with Crippen molar-refractivity contribution in [2.45, 2.75) is 110 Å². The van der Waals surface area contributed by atoms with Crippen molar-refractivity contribution in [3.05, 3.63) is 6.92 Å². The molecule has 0 aromatic rings. The van der Waals surface area contributed by atoms with Crippen molar-refractivity contribution < 1.29 is 35.7 Å². The van der Waals surface area contributed by atoms with Crippen LogP contribution in [0.3, 0.4) is 0 Å². The monoisotopic (exact) mass is 409 g/mol. The minimum Gasteiger partial charge on any atom is -0.343 e. The maximum Gasteiger partial charge on any atom is 0.466 e. The van der Waals surface area contributed by atoms with E-state index in [9.17, 15) is 0 Å². The fraction of sp³-hybridized carbons (Fsp3) is 0.944. The van der Waals surface area contributed by atoms with Crippen molar-refractivity contribution in [3.8, 4) is 0 Å². The van der Waals surface area contributed by atoms with Crippen LogP contribution in [-0.2, 0) is 21.1 Å². The van der Waals surface area contributed by atoms with Gasteiger partial charge < -0.3 is 21.6 Å². The van der Waals surface area contributed by atoms with Gasteiger partial charge in [-0.3, -0.25) is 0 Å². The van der Waals surface area contributed by atoms with Crippen LogP contribution in [0.4, 0.5) is 0 Å². The summed E-state index contributed by atoms with van der Waals surface area (Å²) in [6, 6.07) is 0. The van der Waals surface area contributed by atoms with E-state index in [0.29, 0.717) is 0 Å². The van der Waals surface area contributed by atoms with Crippen LogP contribution in [0.25, 0.3) is 0 Å². The normalized spacial score (nSPS) is 10.7.